The van der Waals surface area contributed by atoms with Gasteiger partial charge in [-0.15, -0.1) is 0 Å². The van der Waals surface area contributed by atoms with Gasteiger partial charge in [0.2, 0.25) is 0 Å². The number of carbonyl (C=O) groups excluding carboxylic acids is 1. The maximum absolute atomic E-state index is 13.3. The summed E-state index contributed by atoms with van der Waals surface area (Å²) in [5.74, 6) is 0.574. The van der Waals surface area contributed by atoms with Crippen LogP contribution in [-0.2, 0) is 12.8 Å². The highest BCUT2D eigenvalue weighted by Crippen LogP contribution is 2.41. The summed E-state index contributed by atoms with van der Waals surface area (Å²) in [5, 5.41) is 15.2. The molecular weight excluding hydrogens is 338 g/mol. The monoisotopic (exact) mass is 361 g/mol. The average Bonchev–Trinajstić information content (AvgIpc) is 3.40. The van der Waals surface area contributed by atoms with Crippen molar-refractivity contribution in [1.82, 2.24) is 25.3 Å². The molecule has 1 fully saturated rings. The number of hydrogen-bond donors (Lipinski definition) is 2. The molecule has 3 heterocycles. The summed E-state index contributed by atoms with van der Waals surface area (Å²) in [7, 11) is 0. The van der Waals surface area contributed by atoms with Gasteiger partial charge in [0.1, 0.15) is 0 Å². The molecule has 0 saturated heterocycles. The van der Waals surface area contributed by atoms with Gasteiger partial charge in [0.15, 0.2) is 0 Å². The zero-order valence-corrected chi connectivity index (χ0v) is 15.5. The molecule has 1 amide bonds. The second-order valence-electron chi connectivity index (χ2n) is 7.57. The van der Waals surface area contributed by atoms with Crippen LogP contribution in [0.1, 0.15) is 51.8 Å². The number of nitrogens with one attached hydrogen (secondary N) is 2. The SMILES string of the molecule is Cc1[nH]nc(C2CC2)c1C(=O)N1CCc2[nH]nc(-c3ccccc3)c2CC1. The van der Waals surface area contributed by atoms with Crippen LogP contribution in [-0.4, -0.2) is 44.3 Å². The van der Waals surface area contributed by atoms with Gasteiger partial charge in [0.25, 0.3) is 5.91 Å². The van der Waals surface area contributed by atoms with Crippen LogP contribution >= 0.6 is 0 Å². The van der Waals surface area contributed by atoms with Gasteiger partial charge < -0.3 is 4.90 Å². The summed E-state index contributed by atoms with van der Waals surface area (Å²) >= 11 is 0. The number of rotatable bonds is 3. The van der Waals surface area contributed by atoms with E-state index < -0.39 is 0 Å². The largest absolute Gasteiger partial charge is 0.338 e. The summed E-state index contributed by atoms with van der Waals surface area (Å²) in [6.45, 7) is 3.36. The van der Waals surface area contributed by atoms with Gasteiger partial charge in [-0.05, 0) is 26.2 Å². The quantitative estimate of drug-likeness (QED) is 0.752. The molecule has 1 aromatic carbocycles. The molecule has 0 bridgehead atoms. The minimum Gasteiger partial charge on any atom is -0.338 e. The first-order valence-corrected chi connectivity index (χ1v) is 9.68. The highest BCUT2D eigenvalue weighted by Gasteiger charge is 2.34. The van der Waals surface area contributed by atoms with Crippen LogP contribution in [0.4, 0.5) is 0 Å². The third-order valence-electron chi connectivity index (χ3n) is 5.70. The normalized spacial score (nSPS) is 16.9. The molecule has 2 N–H and O–H groups in total. The van der Waals surface area contributed by atoms with Gasteiger partial charge in [-0.2, -0.15) is 10.2 Å². The molecule has 2 aliphatic rings. The average molecular weight is 361 g/mol. The van der Waals surface area contributed by atoms with Crippen molar-refractivity contribution in [3.05, 3.63) is 58.5 Å². The Morgan fingerprint density at radius 1 is 1.07 bits per heavy atom. The zero-order chi connectivity index (χ0) is 18.4. The smallest absolute Gasteiger partial charge is 0.257 e. The number of aromatic amines is 2. The van der Waals surface area contributed by atoms with E-state index in [9.17, 15) is 4.79 Å². The Kier molecular flexibility index (Phi) is 3.85. The number of fused-ring (bicyclic) bond motifs is 1. The molecule has 0 unspecified atom stereocenters. The first-order valence-electron chi connectivity index (χ1n) is 9.68. The Morgan fingerprint density at radius 2 is 1.85 bits per heavy atom. The lowest BCUT2D eigenvalue weighted by Gasteiger charge is -2.20. The van der Waals surface area contributed by atoms with Gasteiger partial charge in [-0.25, -0.2) is 0 Å². The van der Waals surface area contributed by atoms with Crippen molar-refractivity contribution in [2.24, 2.45) is 0 Å². The molecule has 3 aromatic rings. The van der Waals surface area contributed by atoms with E-state index in [-0.39, 0.29) is 5.91 Å². The molecule has 1 aliphatic heterocycles. The molecular formula is C21H23N5O. The van der Waals surface area contributed by atoms with Crippen LogP contribution in [0.3, 0.4) is 0 Å². The molecule has 0 radical (unpaired) electrons. The molecule has 6 nitrogen and oxygen atoms in total. The van der Waals surface area contributed by atoms with E-state index in [0.29, 0.717) is 19.0 Å². The molecule has 6 heteroatoms. The van der Waals surface area contributed by atoms with Crippen molar-refractivity contribution in [1.29, 1.82) is 0 Å². The van der Waals surface area contributed by atoms with E-state index >= 15 is 0 Å². The van der Waals surface area contributed by atoms with Crippen molar-refractivity contribution in [2.45, 2.75) is 38.5 Å². The van der Waals surface area contributed by atoms with Crippen LogP contribution in [0.5, 0.6) is 0 Å². The van der Waals surface area contributed by atoms with Crippen molar-refractivity contribution in [3.8, 4) is 11.3 Å². The van der Waals surface area contributed by atoms with Gasteiger partial charge in [0, 0.05) is 47.9 Å². The Morgan fingerprint density at radius 3 is 2.63 bits per heavy atom. The number of carbonyl (C=O) groups is 1. The molecule has 0 atom stereocenters. The fourth-order valence-corrected chi connectivity index (χ4v) is 4.05. The van der Waals surface area contributed by atoms with E-state index in [1.807, 2.05) is 30.0 Å². The molecule has 1 saturated carbocycles. The zero-order valence-electron chi connectivity index (χ0n) is 15.5. The molecule has 2 aromatic heterocycles. The number of nitrogens with zero attached hydrogens (tertiary/aromatic N) is 3. The Balaban J connectivity index is 1.40. The standard InChI is InChI=1S/C21H23N5O/c1-13-18(20(25-22-13)15-7-8-15)21(27)26-11-9-16-17(10-12-26)23-24-19(16)14-5-3-2-4-6-14/h2-6,15H,7-12H2,1H3,(H,22,25)(H,23,24). The van der Waals surface area contributed by atoms with Crippen LogP contribution in [0, 0.1) is 6.92 Å². The number of aromatic nitrogens is 4. The summed E-state index contributed by atoms with van der Waals surface area (Å²) in [6, 6.07) is 10.2. The van der Waals surface area contributed by atoms with Gasteiger partial charge in [0.05, 0.1) is 17.0 Å². The lowest BCUT2D eigenvalue weighted by Crippen LogP contribution is -2.34. The van der Waals surface area contributed by atoms with E-state index in [1.165, 1.54) is 5.56 Å². The Bertz CT molecular complexity index is 983. The number of aryl methyl sites for hydroxylation is 1. The van der Waals surface area contributed by atoms with Crippen molar-refractivity contribution < 1.29 is 4.79 Å². The second-order valence-corrected chi connectivity index (χ2v) is 7.57. The minimum atomic E-state index is 0.113. The molecule has 27 heavy (non-hydrogen) atoms. The van der Waals surface area contributed by atoms with Gasteiger partial charge in [-0.1, -0.05) is 30.3 Å². The molecule has 1 aliphatic carbocycles. The summed E-state index contributed by atoms with van der Waals surface area (Å²) in [4.78, 5) is 15.2. The van der Waals surface area contributed by atoms with Gasteiger partial charge >= 0.3 is 0 Å². The third kappa shape index (κ3) is 2.85. The predicted octanol–water partition coefficient (Wildman–Crippen LogP) is 3.23. The number of H-pyrrole nitrogens is 2. The third-order valence-corrected chi connectivity index (χ3v) is 5.70. The van der Waals surface area contributed by atoms with Crippen LogP contribution in [0.2, 0.25) is 0 Å². The molecule has 5 rings (SSSR count). The highest BCUT2D eigenvalue weighted by molar-refractivity contribution is 5.96. The predicted molar refractivity (Wildman–Crippen MR) is 103 cm³/mol. The second kappa shape index (κ2) is 6.37. The number of amides is 1. The lowest BCUT2D eigenvalue weighted by atomic mass is 10.0. The fraction of sp³-hybridized carbons (Fsp3) is 0.381. The lowest BCUT2D eigenvalue weighted by molar-refractivity contribution is 0.0761. The van der Waals surface area contributed by atoms with Crippen LogP contribution in [0.15, 0.2) is 30.3 Å². The maximum Gasteiger partial charge on any atom is 0.257 e. The van der Waals surface area contributed by atoms with Crippen LogP contribution < -0.4 is 0 Å². The van der Waals surface area contributed by atoms with E-state index in [2.05, 4.69) is 32.5 Å². The Labute approximate surface area is 158 Å². The highest BCUT2D eigenvalue weighted by atomic mass is 16.2. The fourth-order valence-electron chi connectivity index (χ4n) is 4.05. The van der Waals surface area contributed by atoms with Crippen molar-refractivity contribution >= 4 is 5.91 Å². The topological polar surface area (TPSA) is 77.7 Å². The van der Waals surface area contributed by atoms with E-state index in [4.69, 9.17) is 0 Å². The summed E-state index contributed by atoms with van der Waals surface area (Å²) in [6.07, 6.45) is 3.90. The minimum absolute atomic E-state index is 0.113. The summed E-state index contributed by atoms with van der Waals surface area (Å²) < 4.78 is 0. The van der Waals surface area contributed by atoms with Crippen LogP contribution in [0.25, 0.3) is 11.3 Å². The number of benzene rings is 1. The van der Waals surface area contributed by atoms with Crippen molar-refractivity contribution in [3.63, 3.8) is 0 Å². The molecule has 0 spiro atoms. The Hall–Kier alpha value is -2.89. The first kappa shape index (κ1) is 16.3. The van der Waals surface area contributed by atoms with Crippen molar-refractivity contribution in [2.75, 3.05) is 13.1 Å². The summed E-state index contributed by atoms with van der Waals surface area (Å²) in [5.41, 5.74) is 7.17. The molecule has 138 valence electrons. The maximum atomic E-state index is 13.3. The van der Waals surface area contributed by atoms with E-state index in [0.717, 1.165) is 59.6 Å². The van der Waals surface area contributed by atoms with Gasteiger partial charge in [-0.3, -0.25) is 15.0 Å². The van der Waals surface area contributed by atoms with E-state index in [1.54, 1.807) is 0 Å². The first-order chi connectivity index (χ1) is 13.2. The number of hydrogen-bond acceptors (Lipinski definition) is 3.